The molecule has 0 aromatic heterocycles. The van der Waals surface area contributed by atoms with Crippen molar-refractivity contribution in [2.45, 2.75) is 37.5 Å². The molecule has 3 rings (SSSR count). The summed E-state index contributed by atoms with van der Waals surface area (Å²) in [5, 5.41) is 0. The molecule has 2 aromatic rings. The highest BCUT2D eigenvalue weighted by molar-refractivity contribution is 7.89. The lowest BCUT2D eigenvalue weighted by molar-refractivity contribution is -0.121. The van der Waals surface area contributed by atoms with Gasteiger partial charge in [-0.15, -0.1) is 0 Å². The van der Waals surface area contributed by atoms with Crippen LogP contribution < -0.4 is 10.9 Å². The van der Waals surface area contributed by atoms with E-state index < -0.39 is 27.7 Å². The molecule has 30 heavy (non-hydrogen) atoms. The molecule has 9 heteroatoms. The minimum absolute atomic E-state index is 0.0388. The first kappa shape index (κ1) is 21.9. The van der Waals surface area contributed by atoms with E-state index in [0.29, 0.717) is 24.2 Å². The molecule has 2 N–H and O–H groups in total. The van der Waals surface area contributed by atoms with Crippen LogP contribution in [0.4, 0.5) is 4.39 Å². The van der Waals surface area contributed by atoms with Crippen molar-refractivity contribution in [1.29, 1.82) is 0 Å². The number of amides is 2. The van der Waals surface area contributed by atoms with Gasteiger partial charge in [0.15, 0.2) is 0 Å². The van der Waals surface area contributed by atoms with Gasteiger partial charge in [-0.3, -0.25) is 20.4 Å². The SMILES string of the molecule is Cc1ccc(S(=O)(=O)N2CCCCC2)cc1C(=O)NNC(=O)Cc1ccc(F)cc1. The number of benzene rings is 2. The third-order valence-corrected chi connectivity index (χ3v) is 6.89. The van der Waals surface area contributed by atoms with Crippen molar-refractivity contribution in [2.75, 3.05) is 13.1 Å². The van der Waals surface area contributed by atoms with Crippen LogP contribution in [0.5, 0.6) is 0 Å². The molecule has 2 amide bonds. The van der Waals surface area contributed by atoms with E-state index in [2.05, 4.69) is 10.9 Å². The zero-order chi connectivity index (χ0) is 21.7. The van der Waals surface area contributed by atoms with Crippen LogP contribution in [0.1, 0.15) is 40.7 Å². The van der Waals surface area contributed by atoms with E-state index in [9.17, 15) is 22.4 Å². The van der Waals surface area contributed by atoms with Gasteiger partial charge >= 0.3 is 0 Å². The number of sulfonamides is 1. The van der Waals surface area contributed by atoms with Crippen LogP contribution in [-0.2, 0) is 21.2 Å². The first-order valence-electron chi connectivity index (χ1n) is 9.72. The number of nitrogens with one attached hydrogen (secondary N) is 2. The third-order valence-electron chi connectivity index (χ3n) is 5.00. The van der Waals surface area contributed by atoms with E-state index in [-0.39, 0.29) is 16.9 Å². The highest BCUT2D eigenvalue weighted by Gasteiger charge is 2.27. The van der Waals surface area contributed by atoms with Crippen LogP contribution in [0, 0.1) is 12.7 Å². The number of hydrazine groups is 1. The quantitative estimate of drug-likeness (QED) is 0.708. The van der Waals surface area contributed by atoms with Gasteiger partial charge < -0.3 is 0 Å². The summed E-state index contributed by atoms with van der Waals surface area (Å²) in [6.07, 6.45) is 2.60. The lowest BCUT2D eigenvalue weighted by Gasteiger charge is -2.26. The molecule has 0 bridgehead atoms. The predicted molar refractivity (Wildman–Crippen MR) is 110 cm³/mol. The van der Waals surface area contributed by atoms with Crippen LogP contribution in [0.25, 0.3) is 0 Å². The van der Waals surface area contributed by atoms with Gasteiger partial charge in [-0.05, 0) is 55.2 Å². The van der Waals surface area contributed by atoms with Crippen LogP contribution in [0.3, 0.4) is 0 Å². The third kappa shape index (κ3) is 5.22. The molecule has 0 radical (unpaired) electrons. The average molecular weight is 434 g/mol. The second-order valence-electron chi connectivity index (χ2n) is 7.25. The molecule has 7 nitrogen and oxygen atoms in total. The lowest BCUT2D eigenvalue weighted by Crippen LogP contribution is -2.42. The Morgan fingerprint density at radius 1 is 1.00 bits per heavy atom. The first-order valence-corrected chi connectivity index (χ1v) is 11.2. The number of carbonyl (C=O) groups is 2. The van der Waals surface area contributed by atoms with E-state index in [1.165, 1.54) is 40.7 Å². The van der Waals surface area contributed by atoms with Crippen molar-refractivity contribution < 1.29 is 22.4 Å². The van der Waals surface area contributed by atoms with E-state index in [1.807, 2.05) is 0 Å². The molecule has 1 aliphatic rings. The Morgan fingerprint density at radius 2 is 1.67 bits per heavy atom. The summed E-state index contributed by atoms with van der Waals surface area (Å²) in [4.78, 5) is 24.6. The van der Waals surface area contributed by atoms with Crippen molar-refractivity contribution in [3.05, 3.63) is 65.0 Å². The largest absolute Gasteiger partial charge is 0.273 e. The van der Waals surface area contributed by atoms with Crippen LogP contribution in [-0.4, -0.2) is 37.6 Å². The van der Waals surface area contributed by atoms with Gasteiger partial charge in [-0.2, -0.15) is 4.31 Å². The van der Waals surface area contributed by atoms with Crippen LogP contribution in [0.15, 0.2) is 47.4 Å². The molecule has 0 saturated carbocycles. The summed E-state index contributed by atoms with van der Waals surface area (Å²) in [7, 11) is -3.67. The smallest absolute Gasteiger partial charge is 0.269 e. The maximum atomic E-state index is 12.9. The Hall–Kier alpha value is -2.78. The van der Waals surface area contributed by atoms with Crippen LogP contribution in [0.2, 0.25) is 0 Å². The molecule has 0 atom stereocenters. The number of rotatable bonds is 5. The molecule has 1 fully saturated rings. The van der Waals surface area contributed by atoms with Crippen molar-refractivity contribution >= 4 is 21.8 Å². The van der Waals surface area contributed by atoms with Gasteiger partial charge in [0.1, 0.15) is 5.82 Å². The number of hydrogen-bond acceptors (Lipinski definition) is 4. The molecular weight excluding hydrogens is 409 g/mol. The maximum absolute atomic E-state index is 12.9. The highest BCUT2D eigenvalue weighted by Crippen LogP contribution is 2.22. The number of carbonyl (C=O) groups excluding carboxylic acids is 2. The van der Waals surface area contributed by atoms with Crippen LogP contribution >= 0.6 is 0 Å². The summed E-state index contributed by atoms with van der Waals surface area (Å²) >= 11 is 0. The standard InChI is InChI=1S/C21H24FN3O4S/c1-15-5-10-18(30(28,29)25-11-3-2-4-12-25)14-19(15)21(27)24-23-20(26)13-16-6-8-17(22)9-7-16/h5-10,14H,2-4,11-13H2,1H3,(H,23,26)(H,24,27). The van der Waals surface area contributed by atoms with Gasteiger partial charge in [0.2, 0.25) is 15.9 Å². The molecule has 160 valence electrons. The molecule has 2 aromatic carbocycles. The number of nitrogens with zero attached hydrogens (tertiary/aromatic N) is 1. The Kier molecular flexibility index (Phi) is 6.84. The van der Waals surface area contributed by atoms with Gasteiger partial charge in [0.25, 0.3) is 5.91 Å². The molecular formula is C21H24FN3O4S. The maximum Gasteiger partial charge on any atom is 0.269 e. The lowest BCUT2D eigenvalue weighted by atomic mass is 10.1. The predicted octanol–water partition coefficient (Wildman–Crippen LogP) is 2.31. The van der Waals surface area contributed by atoms with E-state index in [0.717, 1.165) is 19.3 Å². The zero-order valence-corrected chi connectivity index (χ0v) is 17.5. The Balaban J connectivity index is 1.67. The van der Waals surface area contributed by atoms with E-state index in [1.54, 1.807) is 13.0 Å². The minimum Gasteiger partial charge on any atom is -0.273 e. The Labute approximate surface area is 175 Å². The monoisotopic (exact) mass is 433 g/mol. The molecule has 0 spiro atoms. The topological polar surface area (TPSA) is 95.6 Å². The first-order chi connectivity index (χ1) is 14.3. The second-order valence-corrected chi connectivity index (χ2v) is 9.18. The fourth-order valence-corrected chi connectivity index (χ4v) is 4.83. The number of hydrogen-bond donors (Lipinski definition) is 2. The highest BCUT2D eigenvalue weighted by atomic mass is 32.2. The fourth-order valence-electron chi connectivity index (χ4n) is 3.29. The van der Waals surface area contributed by atoms with Crippen molar-refractivity contribution in [1.82, 2.24) is 15.2 Å². The number of aryl methyl sites for hydroxylation is 1. The summed E-state index contributed by atoms with van der Waals surface area (Å²) < 4.78 is 40.1. The fraction of sp³-hybridized carbons (Fsp3) is 0.333. The molecule has 0 unspecified atom stereocenters. The number of halogens is 1. The Bertz CT molecular complexity index is 1030. The Morgan fingerprint density at radius 3 is 2.33 bits per heavy atom. The van der Waals surface area contributed by atoms with Crippen molar-refractivity contribution in [2.24, 2.45) is 0 Å². The number of piperidine rings is 1. The zero-order valence-electron chi connectivity index (χ0n) is 16.7. The molecule has 1 heterocycles. The van der Waals surface area contributed by atoms with Gasteiger partial charge in [0.05, 0.1) is 11.3 Å². The van der Waals surface area contributed by atoms with Gasteiger partial charge in [-0.25, -0.2) is 12.8 Å². The summed E-state index contributed by atoms with van der Waals surface area (Å²) in [5.41, 5.74) is 5.94. The normalized spacial score (nSPS) is 14.9. The van der Waals surface area contributed by atoms with Crippen molar-refractivity contribution in [3.63, 3.8) is 0 Å². The summed E-state index contributed by atoms with van der Waals surface area (Å²) in [6.45, 7) is 2.63. The van der Waals surface area contributed by atoms with E-state index >= 15 is 0 Å². The van der Waals surface area contributed by atoms with Gasteiger partial charge in [0, 0.05) is 18.7 Å². The minimum atomic E-state index is -3.67. The van der Waals surface area contributed by atoms with E-state index in [4.69, 9.17) is 0 Å². The molecule has 0 aliphatic carbocycles. The second kappa shape index (κ2) is 9.36. The average Bonchev–Trinajstić information content (AvgIpc) is 2.74. The van der Waals surface area contributed by atoms with Crippen molar-refractivity contribution in [3.8, 4) is 0 Å². The van der Waals surface area contributed by atoms with Gasteiger partial charge in [-0.1, -0.05) is 24.6 Å². The molecule has 1 saturated heterocycles. The summed E-state index contributed by atoms with van der Waals surface area (Å²) in [6, 6.07) is 9.86. The molecule has 1 aliphatic heterocycles. The summed E-state index contributed by atoms with van der Waals surface area (Å²) in [5.74, 6) is -1.50.